The molecule has 0 aliphatic carbocycles. The zero-order valence-corrected chi connectivity index (χ0v) is 22.3. The number of ether oxygens (including phenoxy) is 2. The summed E-state index contributed by atoms with van der Waals surface area (Å²) in [4.78, 5) is 41.3. The van der Waals surface area contributed by atoms with Gasteiger partial charge in [-0.15, -0.1) is 0 Å². The average Bonchev–Trinajstić information content (AvgIpc) is 3.24. The Kier molecular flexibility index (Phi) is 7.38. The maximum Gasteiger partial charge on any atom is 0.417 e. The molecule has 3 N–H and O–H groups in total. The lowest BCUT2D eigenvalue weighted by molar-refractivity contribution is -0.119. The van der Waals surface area contributed by atoms with Crippen LogP contribution in [0.1, 0.15) is 33.6 Å². The number of rotatable bonds is 7. The van der Waals surface area contributed by atoms with Crippen molar-refractivity contribution in [2.75, 3.05) is 17.3 Å². The normalized spacial score (nSPS) is 12.7. The Hall–Kier alpha value is -4.57. The summed E-state index contributed by atoms with van der Waals surface area (Å²) in [6, 6.07) is 18.1. The van der Waals surface area contributed by atoms with Gasteiger partial charge in [0.25, 0.3) is 0 Å². The first-order valence-electron chi connectivity index (χ1n) is 12.3. The Bertz CT molecular complexity index is 1570. The molecule has 0 saturated heterocycles. The average molecular weight is 546 g/mol. The largest absolute Gasteiger partial charge is 0.495 e. The van der Waals surface area contributed by atoms with Crippen LogP contribution in [0.25, 0.3) is 0 Å². The molecule has 4 aromatic rings. The Balaban J connectivity index is 1.34. The van der Waals surface area contributed by atoms with Crippen molar-refractivity contribution in [3.05, 3.63) is 97.5 Å². The van der Waals surface area contributed by atoms with E-state index < -0.39 is 6.09 Å². The number of hydrogen-bond acceptors (Lipinski definition) is 7. The van der Waals surface area contributed by atoms with Gasteiger partial charge in [-0.3, -0.25) is 19.9 Å². The van der Waals surface area contributed by atoms with Crippen LogP contribution in [-0.4, -0.2) is 29.2 Å². The molecular weight excluding hydrogens is 518 g/mol. The second-order valence-corrected chi connectivity index (χ2v) is 10.3. The van der Waals surface area contributed by atoms with Crippen molar-refractivity contribution in [2.45, 2.75) is 32.7 Å². The van der Waals surface area contributed by atoms with E-state index >= 15 is 0 Å². The van der Waals surface area contributed by atoms with Crippen molar-refractivity contribution in [3.63, 3.8) is 0 Å². The molecule has 0 radical (unpaired) electrons. The molecule has 0 bridgehead atoms. The summed E-state index contributed by atoms with van der Waals surface area (Å²) >= 11 is 0.968. The number of methoxy groups -OCH3 is 1. The van der Waals surface area contributed by atoms with Gasteiger partial charge in [-0.05, 0) is 60.4 Å². The molecule has 0 saturated carbocycles. The number of carbonyl (C=O) groups excluding carboxylic acids is 2. The first-order valence-corrected chi connectivity index (χ1v) is 13.2. The van der Waals surface area contributed by atoms with Gasteiger partial charge in [0.05, 0.1) is 24.2 Å². The Morgan fingerprint density at radius 1 is 1.05 bits per heavy atom. The van der Waals surface area contributed by atoms with Gasteiger partial charge in [-0.1, -0.05) is 47.2 Å². The van der Waals surface area contributed by atoms with Crippen LogP contribution >= 0.6 is 11.3 Å². The predicted molar refractivity (Wildman–Crippen MR) is 149 cm³/mol. The second kappa shape index (κ2) is 11.0. The number of thiazole rings is 1. The lowest BCUT2D eigenvalue weighted by atomic mass is 9.92. The number of carbonyl (C=O) groups is 2. The minimum Gasteiger partial charge on any atom is -0.495 e. The number of hydrogen-bond donors (Lipinski definition) is 3. The van der Waals surface area contributed by atoms with Crippen molar-refractivity contribution >= 4 is 34.7 Å². The highest BCUT2D eigenvalue weighted by Crippen LogP contribution is 2.41. The van der Waals surface area contributed by atoms with Gasteiger partial charge in [0, 0.05) is 18.5 Å². The van der Waals surface area contributed by atoms with Gasteiger partial charge in [0.15, 0.2) is 0 Å². The van der Waals surface area contributed by atoms with E-state index in [0.717, 1.165) is 33.6 Å². The van der Waals surface area contributed by atoms with Gasteiger partial charge in [-0.25, -0.2) is 4.79 Å². The van der Waals surface area contributed by atoms with Crippen molar-refractivity contribution in [1.29, 1.82) is 0 Å². The third kappa shape index (κ3) is 5.80. The van der Waals surface area contributed by atoms with Gasteiger partial charge in [0.2, 0.25) is 11.8 Å². The summed E-state index contributed by atoms with van der Waals surface area (Å²) in [6.07, 6.45) is 0.626. The maximum absolute atomic E-state index is 13.1. The molecule has 0 fully saturated rings. The van der Waals surface area contributed by atoms with E-state index in [0.29, 0.717) is 53.6 Å². The van der Waals surface area contributed by atoms with Gasteiger partial charge < -0.3 is 19.5 Å². The van der Waals surface area contributed by atoms with Crippen LogP contribution in [-0.2, 0) is 24.2 Å². The number of aryl methyl sites for hydroxylation is 1. The molecular formula is C29H27N3O6S. The van der Waals surface area contributed by atoms with Crippen molar-refractivity contribution < 1.29 is 24.2 Å². The molecule has 39 heavy (non-hydrogen) atoms. The molecule has 9 nitrogen and oxygen atoms in total. The van der Waals surface area contributed by atoms with E-state index in [1.807, 2.05) is 37.3 Å². The monoisotopic (exact) mass is 545 g/mol. The van der Waals surface area contributed by atoms with Crippen LogP contribution in [0.3, 0.4) is 0 Å². The molecule has 2 amide bonds. The van der Waals surface area contributed by atoms with Crippen LogP contribution in [0.15, 0.2) is 65.5 Å². The lowest BCUT2D eigenvalue weighted by Crippen LogP contribution is -2.35. The molecule has 0 atom stereocenters. The van der Waals surface area contributed by atoms with Gasteiger partial charge >= 0.3 is 11.0 Å². The molecule has 3 aromatic carbocycles. The third-order valence-electron chi connectivity index (χ3n) is 6.55. The fourth-order valence-corrected chi connectivity index (χ4v) is 5.35. The highest BCUT2D eigenvalue weighted by molar-refractivity contribution is 7.09. The molecule has 0 spiro atoms. The fraction of sp³-hybridized carbons (Fsp3) is 0.207. The number of H-pyrrole nitrogens is 1. The highest BCUT2D eigenvalue weighted by Gasteiger charge is 2.30. The molecule has 1 aromatic heterocycles. The summed E-state index contributed by atoms with van der Waals surface area (Å²) in [6.45, 7) is 2.26. The molecule has 10 heteroatoms. The number of aromatic nitrogens is 1. The summed E-state index contributed by atoms with van der Waals surface area (Å²) in [5.74, 6) is 0.863. The minimum absolute atomic E-state index is 0.0315. The molecule has 2 heterocycles. The number of nitrogens with one attached hydrogen (secondary N) is 2. The van der Waals surface area contributed by atoms with Crippen molar-refractivity contribution in [3.8, 4) is 17.4 Å². The number of benzene rings is 3. The number of aromatic amines is 1. The number of nitrogens with zero attached hydrogens (tertiary/aromatic N) is 1. The summed E-state index contributed by atoms with van der Waals surface area (Å²) in [5.41, 5.74) is 5.05. The summed E-state index contributed by atoms with van der Waals surface area (Å²) in [7, 11) is 1.56. The number of fused-ring (bicyclic) bond motifs is 1. The number of amides is 2. The second-order valence-electron chi connectivity index (χ2n) is 9.22. The summed E-state index contributed by atoms with van der Waals surface area (Å²) < 4.78 is 10.9. The van der Waals surface area contributed by atoms with Crippen molar-refractivity contribution in [2.24, 2.45) is 0 Å². The number of anilines is 2. The van der Waals surface area contributed by atoms with Crippen LogP contribution in [0.4, 0.5) is 16.2 Å². The maximum atomic E-state index is 13.1. The van der Waals surface area contributed by atoms with E-state index in [-0.39, 0.29) is 16.7 Å². The van der Waals surface area contributed by atoms with Crippen molar-refractivity contribution in [1.82, 2.24) is 4.98 Å². The Morgan fingerprint density at radius 3 is 2.46 bits per heavy atom. The third-order valence-corrected chi connectivity index (χ3v) is 7.42. The van der Waals surface area contributed by atoms with E-state index in [1.165, 1.54) is 0 Å². The fourth-order valence-electron chi connectivity index (χ4n) is 4.60. The zero-order valence-electron chi connectivity index (χ0n) is 21.4. The molecule has 5 rings (SSSR count). The molecule has 200 valence electrons. The summed E-state index contributed by atoms with van der Waals surface area (Å²) in [5, 5.41) is 12.8. The van der Waals surface area contributed by atoms with Gasteiger partial charge in [-0.2, -0.15) is 0 Å². The van der Waals surface area contributed by atoms with Crippen LogP contribution in [0, 0.1) is 6.92 Å². The minimum atomic E-state index is -0.595. The Morgan fingerprint density at radius 2 is 1.79 bits per heavy atom. The standard InChI is InChI=1S/C29H27N3O6S/c1-17-3-10-21(11-4-17)38-28(35)30-20-8-5-18(6-9-20)16-32-25(33)14-12-22-19(7-13-23(37-2)26(22)32)15-24-27(34)31-29(36)39-24/h3-11,13,34H,12,14-16H2,1-2H3,(H,30,35)(H,31,36). The first-order chi connectivity index (χ1) is 18.8. The van der Waals surface area contributed by atoms with Crippen LogP contribution in [0.2, 0.25) is 0 Å². The van der Waals surface area contributed by atoms with E-state index in [1.54, 1.807) is 42.3 Å². The Labute approximate surface area is 228 Å². The van der Waals surface area contributed by atoms with Crippen LogP contribution in [0.5, 0.6) is 17.4 Å². The highest BCUT2D eigenvalue weighted by atomic mass is 32.1. The van der Waals surface area contributed by atoms with Gasteiger partial charge in [0.1, 0.15) is 11.5 Å². The smallest absolute Gasteiger partial charge is 0.417 e. The first kappa shape index (κ1) is 26.1. The predicted octanol–water partition coefficient (Wildman–Crippen LogP) is 5.14. The van der Waals surface area contributed by atoms with Crippen LogP contribution < -0.4 is 24.6 Å². The lowest BCUT2D eigenvalue weighted by Gasteiger charge is -2.32. The molecule has 0 unspecified atom stereocenters. The SMILES string of the molecule is COc1ccc(Cc2sc(=O)[nH]c2O)c2c1N(Cc1ccc(NC(=O)Oc3ccc(C)cc3)cc1)C(=O)CC2. The van der Waals surface area contributed by atoms with E-state index in [2.05, 4.69) is 10.3 Å². The topological polar surface area (TPSA) is 121 Å². The molecule has 1 aliphatic rings. The molecule has 1 aliphatic heterocycles. The quantitative estimate of drug-likeness (QED) is 0.296. The van der Waals surface area contributed by atoms with E-state index in [4.69, 9.17) is 9.47 Å². The number of aromatic hydroxyl groups is 1. The van der Waals surface area contributed by atoms with E-state index in [9.17, 15) is 19.5 Å². The zero-order chi connectivity index (χ0) is 27.5.